The molecule has 0 radical (unpaired) electrons. The van der Waals surface area contributed by atoms with Crippen LogP contribution in [-0.2, 0) is 22.0 Å². The largest absolute Gasteiger partial charge is 0.491 e. The number of nitrogens with two attached hydrogens (primary N) is 1. The molecular formula is C18H22ClNO5S. The number of carbonyl (C=O) groups is 1. The molecule has 0 aliphatic rings. The van der Waals surface area contributed by atoms with Gasteiger partial charge in [0.1, 0.15) is 17.9 Å². The first-order chi connectivity index (χ1) is 11.9. The number of hydrogen-bond donors (Lipinski definition) is 2. The van der Waals surface area contributed by atoms with Gasteiger partial charge in [-0.15, -0.1) is 12.4 Å². The van der Waals surface area contributed by atoms with Gasteiger partial charge in [-0.25, -0.2) is 13.2 Å². The lowest BCUT2D eigenvalue weighted by molar-refractivity contribution is 0.0691. The molecule has 0 atom stereocenters. The number of sulfone groups is 1. The van der Waals surface area contributed by atoms with Gasteiger partial charge >= 0.3 is 5.97 Å². The Balaban J connectivity index is 0.00000338. The zero-order chi connectivity index (χ0) is 18.4. The van der Waals surface area contributed by atoms with Gasteiger partial charge in [0.25, 0.3) is 0 Å². The fourth-order valence-electron chi connectivity index (χ4n) is 2.54. The van der Waals surface area contributed by atoms with Crippen LogP contribution in [0, 0.1) is 0 Å². The van der Waals surface area contributed by atoms with E-state index in [1.54, 1.807) is 24.3 Å². The highest BCUT2D eigenvalue weighted by molar-refractivity contribution is 7.90. The molecule has 0 unspecified atom stereocenters. The number of carboxylic acid groups (broad SMARTS) is 1. The summed E-state index contributed by atoms with van der Waals surface area (Å²) in [5, 5.41) is 9.63. The molecule has 0 amide bonds. The van der Waals surface area contributed by atoms with Gasteiger partial charge in [-0.2, -0.15) is 0 Å². The second-order valence-electron chi connectivity index (χ2n) is 5.46. The second kappa shape index (κ2) is 9.56. The molecule has 0 spiro atoms. The van der Waals surface area contributed by atoms with Crippen LogP contribution in [0.25, 0.3) is 0 Å². The zero-order valence-electron chi connectivity index (χ0n) is 14.3. The van der Waals surface area contributed by atoms with Gasteiger partial charge in [-0.3, -0.25) is 0 Å². The highest BCUT2D eigenvalue weighted by atomic mass is 35.5. The van der Waals surface area contributed by atoms with Crippen LogP contribution >= 0.6 is 12.4 Å². The standard InChI is InChI=1S/C18H21NO5S.ClH/c1-2-13-8-9-14(16(18(20)21)17(13)24-11-10-19)12-25(22,23)15-6-4-3-5-7-15;/h3-9H,2,10-12,19H2,1H3,(H,20,21);1H. The Kier molecular flexibility index (Phi) is 8.08. The van der Waals surface area contributed by atoms with Crippen LogP contribution in [0.1, 0.15) is 28.4 Å². The van der Waals surface area contributed by atoms with E-state index in [1.807, 2.05) is 6.92 Å². The summed E-state index contributed by atoms with van der Waals surface area (Å²) in [7, 11) is -3.67. The van der Waals surface area contributed by atoms with E-state index in [0.29, 0.717) is 12.0 Å². The molecule has 0 aliphatic heterocycles. The summed E-state index contributed by atoms with van der Waals surface area (Å²) in [6.45, 7) is 2.26. The van der Waals surface area contributed by atoms with Crippen molar-refractivity contribution in [2.24, 2.45) is 5.73 Å². The van der Waals surface area contributed by atoms with Gasteiger partial charge in [-0.1, -0.05) is 37.3 Å². The third-order valence-electron chi connectivity index (χ3n) is 3.73. The van der Waals surface area contributed by atoms with Crippen molar-refractivity contribution in [3.63, 3.8) is 0 Å². The number of rotatable bonds is 8. The minimum atomic E-state index is -3.67. The average molecular weight is 400 g/mol. The van der Waals surface area contributed by atoms with Crippen molar-refractivity contribution >= 4 is 28.2 Å². The van der Waals surface area contributed by atoms with E-state index < -0.39 is 21.6 Å². The minimum absolute atomic E-state index is 0. The minimum Gasteiger partial charge on any atom is -0.491 e. The SMILES string of the molecule is CCc1ccc(CS(=O)(=O)c2ccccc2)c(C(=O)O)c1OCCN.Cl. The molecule has 142 valence electrons. The highest BCUT2D eigenvalue weighted by Gasteiger charge is 2.24. The van der Waals surface area contributed by atoms with E-state index in [4.69, 9.17) is 10.5 Å². The molecule has 0 heterocycles. The van der Waals surface area contributed by atoms with E-state index in [1.165, 1.54) is 18.2 Å². The summed E-state index contributed by atoms with van der Waals surface area (Å²) >= 11 is 0. The monoisotopic (exact) mass is 399 g/mol. The molecule has 0 fully saturated rings. The van der Waals surface area contributed by atoms with E-state index in [2.05, 4.69) is 0 Å². The summed E-state index contributed by atoms with van der Waals surface area (Å²) in [4.78, 5) is 11.9. The van der Waals surface area contributed by atoms with Crippen molar-refractivity contribution in [1.29, 1.82) is 0 Å². The molecule has 26 heavy (non-hydrogen) atoms. The molecule has 2 aromatic carbocycles. The van der Waals surface area contributed by atoms with E-state index in [9.17, 15) is 18.3 Å². The number of aromatic carboxylic acids is 1. The van der Waals surface area contributed by atoms with Gasteiger partial charge in [0.15, 0.2) is 9.84 Å². The summed E-state index contributed by atoms with van der Waals surface area (Å²) < 4.78 is 30.7. The molecule has 2 aromatic rings. The molecule has 8 heteroatoms. The zero-order valence-corrected chi connectivity index (χ0v) is 16.0. The van der Waals surface area contributed by atoms with Crippen LogP contribution < -0.4 is 10.5 Å². The van der Waals surface area contributed by atoms with Gasteiger partial charge in [0.05, 0.1) is 10.6 Å². The second-order valence-corrected chi connectivity index (χ2v) is 7.45. The normalized spacial score (nSPS) is 10.8. The van der Waals surface area contributed by atoms with Crippen molar-refractivity contribution in [3.05, 3.63) is 59.2 Å². The molecule has 6 nitrogen and oxygen atoms in total. The third-order valence-corrected chi connectivity index (χ3v) is 5.41. The molecule has 0 saturated carbocycles. The predicted molar refractivity (Wildman–Crippen MR) is 102 cm³/mol. The predicted octanol–water partition coefficient (Wildman–Crippen LogP) is 2.68. The summed E-state index contributed by atoms with van der Waals surface area (Å²) in [5.41, 5.74) is 6.22. The molecule has 3 N–H and O–H groups in total. The van der Waals surface area contributed by atoms with Crippen LogP contribution in [0.3, 0.4) is 0 Å². The molecular weight excluding hydrogens is 378 g/mol. The van der Waals surface area contributed by atoms with E-state index in [-0.39, 0.29) is 47.3 Å². The Morgan fingerprint density at radius 1 is 1.12 bits per heavy atom. The van der Waals surface area contributed by atoms with Crippen molar-refractivity contribution < 1.29 is 23.1 Å². The summed E-state index contributed by atoms with van der Waals surface area (Å²) in [6, 6.07) is 11.2. The van der Waals surface area contributed by atoms with Crippen LogP contribution in [0.15, 0.2) is 47.4 Å². The van der Waals surface area contributed by atoms with Crippen LogP contribution in [0.4, 0.5) is 0 Å². The fourth-order valence-corrected chi connectivity index (χ4v) is 3.93. The molecule has 0 aliphatic carbocycles. The number of ether oxygens (including phenoxy) is 1. The Bertz CT molecular complexity index is 853. The first-order valence-electron chi connectivity index (χ1n) is 7.89. The van der Waals surface area contributed by atoms with Gasteiger partial charge in [0.2, 0.25) is 0 Å². The lowest BCUT2D eigenvalue weighted by atomic mass is 10.0. The molecule has 2 rings (SSSR count). The number of halogens is 1. The van der Waals surface area contributed by atoms with E-state index in [0.717, 1.165) is 0 Å². The number of hydrogen-bond acceptors (Lipinski definition) is 5. The third kappa shape index (κ3) is 4.97. The van der Waals surface area contributed by atoms with Crippen molar-refractivity contribution in [3.8, 4) is 5.75 Å². The lowest BCUT2D eigenvalue weighted by Crippen LogP contribution is -2.16. The number of benzene rings is 2. The topological polar surface area (TPSA) is 107 Å². The highest BCUT2D eigenvalue weighted by Crippen LogP contribution is 2.30. The first-order valence-corrected chi connectivity index (χ1v) is 9.54. The maximum atomic E-state index is 12.6. The van der Waals surface area contributed by atoms with Crippen molar-refractivity contribution in [2.75, 3.05) is 13.2 Å². The number of aryl methyl sites for hydroxylation is 1. The quantitative estimate of drug-likeness (QED) is 0.706. The Hall–Kier alpha value is -2.09. The Morgan fingerprint density at radius 2 is 1.73 bits per heavy atom. The fraction of sp³-hybridized carbons (Fsp3) is 0.278. The van der Waals surface area contributed by atoms with Crippen LogP contribution in [0.2, 0.25) is 0 Å². The summed E-state index contributed by atoms with van der Waals surface area (Å²) in [5.74, 6) is -1.44. The molecule has 0 bridgehead atoms. The smallest absolute Gasteiger partial charge is 0.339 e. The Morgan fingerprint density at radius 3 is 2.27 bits per heavy atom. The van der Waals surface area contributed by atoms with Gasteiger partial charge in [-0.05, 0) is 29.7 Å². The van der Waals surface area contributed by atoms with Gasteiger partial charge in [0, 0.05) is 6.54 Å². The summed E-state index contributed by atoms with van der Waals surface area (Å²) in [6.07, 6.45) is 0.561. The van der Waals surface area contributed by atoms with Crippen molar-refractivity contribution in [1.82, 2.24) is 0 Å². The van der Waals surface area contributed by atoms with Crippen LogP contribution in [-0.4, -0.2) is 32.6 Å². The van der Waals surface area contributed by atoms with Crippen LogP contribution in [0.5, 0.6) is 5.75 Å². The van der Waals surface area contributed by atoms with Crippen molar-refractivity contribution in [2.45, 2.75) is 24.0 Å². The molecule has 0 saturated heterocycles. The van der Waals surface area contributed by atoms with Gasteiger partial charge < -0.3 is 15.6 Å². The molecule has 0 aromatic heterocycles. The first kappa shape index (κ1) is 22.0. The number of carboxylic acids is 1. The maximum Gasteiger partial charge on any atom is 0.339 e. The average Bonchev–Trinajstić information content (AvgIpc) is 2.60. The maximum absolute atomic E-state index is 12.6. The Labute approximate surface area is 159 Å². The lowest BCUT2D eigenvalue weighted by Gasteiger charge is -2.16. The van der Waals surface area contributed by atoms with E-state index >= 15 is 0 Å².